The Labute approximate surface area is 95.7 Å². The number of nitrogens with zero attached hydrogens (tertiary/aromatic N) is 1. The van der Waals surface area contributed by atoms with E-state index in [1.54, 1.807) is 17.5 Å². The molecule has 0 saturated heterocycles. The van der Waals surface area contributed by atoms with Crippen LogP contribution in [0.3, 0.4) is 0 Å². The van der Waals surface area contributed by atoms with Gasteiger partial charge in [0, 0.05) is 17.5 Å². The van der Waals surface area contributed by atoms with Gasteiger partial charge < -0.3 is 0 Å². The van der Waals surface area contributed by atoms with Crippen molar-refractivity contribution in [2.45, 2.75) is 46.0 Å². The van der Waals surface area contributed by atoms with Crippen LogP contribution in [0.2, 0.25) is 0 Å². The summed E-state index contributed by atoms with van der Waals surface area (Å²) in [6.07, 6.45) is 6.62. The van der Waals surface area contributed by atoms with Crippen molar-refractivity contribution in [3.63, 3.8) is 0 Å². The molecule has 0 amide bonds. The number of thiazole rings is 1. The van der Waals surface area contributed by atoms with Crippen molar-refractivity contribution in [2.75, 3.05) is 0 Å². The van der Waals surface area contributed by atoms with Crippen molar-refractivity contribution in [2.24, 2.45) is 5.92 Å². The van der Waals surface area contributed by atoms with E-state index in [1.807, 2.05) is 5.38 Å². The summed E-state index contributed by atoms with van der Waals surface area (Å²) in [7, 11) is 0. The molecule has 3 heteroatoms. The van der Waals surface area contributed by atoms with Crippen LogP contribution in [0, 0.1) is 5.92 Å². The number of aromatic nitrogens is 1. The molecule has 2 nitrogen and oxygen atoms in total. The van der Waals surface area contributed by atoms with Crippen molar-refractivity contribution in [1.29, 1.82) is 0 Å². The number of Topliss-reactive ketones (excluding diaryl/α,β-unsaturated/α-hetero) is 1. The van der Waals surface area contributed by atoms with Gasteiger partial charge in [-0.2, -0.15) is 0 Å². The quantitative estimate of drug-likeness (QED) is 0.711. The van der Waals surface area contributed by atoms with Crippen molar-refractivity contribution < 1.29 is 4.79 Å². The maximum atomic E-state index is 11.9. The van der Waals surface area contributed by atoms with Crippen LogP contribution in [0.4, 0.5) is 0 Å². The molecule has 0 aromatic carbocycles. The molecule has 0 aliphatic rings. The monoisotopic (exact) mass is 225 g/mol. The highest BCUT2D eigenvalue weighted by atomic mass is 32.1. The van der Waals surface area contributed by atoms with Crippen LogP contribution in [0.25, 0.3) is 0 Å². The minimum absolute atomic E-state index is 0.244. The van der Waals surface area contributed by atoms with E-state index in [2.05, 4.69) is 18.8 Å². The molecule has 84 valence electrons. The Hall–Kier alpha value is -0.700. The lowest BCUT2D eigenvalue weighted by molar-refractivity contribution is -0.122. The summed E-state index contributed by atoms with van der Waals surface area (Å²) in [5.74, 6) is 0.606. The van der Waals surface area contributed by atoms with Crippen LogP contribution in [-0.4, -0.2) is 10.8 Å². The molecule has 1 unspecified atom stereocenters. The number of hydrogen-bond acceptors (Lipinski definition) is 3. The Morgan fingerprint density at radius 3 is 2.87 bits per heavy atom. The van der Waals surface area contributed by atoms with Crippen LogP contribution >= 0.6 is 11.3 Å². The average Bonchev–Trinajstić information content (AvgIpc) is 2.71. The molecule has 1 aromatic heterocycles. The first-order valence-corrected chi connectivity index (χ1v) is 6.57. The van der Waals surface area contributed by atoms with E-state index in [0.717, 1.165) is 24.3 Å². The second-order valence-corrected chi connectivity index (χ2v) is 4.80. The van der Waals surface area contributed by atoms with Gasteiger partial charge in [0.2, 0.25) is 0 Å². The molecule has 15 heavy (non-hydrogen) atoms. The van der Waals surface area contributed by atoms with Gasteiger partial charge >= 0.3 is 0 Å². The second-order valence-electron chi connectivity index (χ2n) is 3.82. The Morgan fingerprint density at radius 1 is 1.53 bits per heavy atom. The van der Waals surface area contributed by atoms with E-state index in [1.165, 1.54) is 6.42 Å². The topological polar surface area (TPSA) is 30.0 Å². The zero-order valence-corrected chi connectivity index (χ0v) is 10.3. The molecule has 0 spiro atoms. The third-order valence-corrected chi connectivity index (χ3v) is 3.44. The summed E-state index contributed by atoms with van der Waals surface area (Å²) in [6, 6.07) is 0. The van der Waals surface area contributed by atoms with E-state index >= 15 is 0 Å². The highest BCUT2D eigenvalue weighted by molar-refractivity contribution is 7.09. The normalized spacial score (nSPS) is 12.7. The fourth-order valence-electron chi connectivity index (χ4n) is 1.68. The maximum Gasteiger partial charge on any atom is 0.142 e. The predicted molar refractivity (Wildman–Crippen MR) is 64.1 cm³/mol. The van der Waals surface area contributed by atoms with E-state index in [9.17, 15) is 4.79 Å². The highest BCUT2D eigenvalue weighted by Crippen LogP contribution is 2.17. The SMILES string of the molecule is CCCCC(CC)C(=O)Cc1nccs1. The van der Waals surface area contributed by atoms with E-state index in [0.29, 0.717) is 12.2 Å². The molecule has 0 saturated carbocycles. The van der Waals surface area contributed by atoms with Crippen LogP contribution in [-0.2, 0) is 11.2 Å². The van der Waals surface area contributed by atoms with Crippen LogP contribution in [0.1, 0.15) is 44.5 Å². The molecule has 0 fully saturated rings. The van der Waals surface area contributed by atoms with Gasteiger partial charge in [-0.3, -0.25) is 4.79 Å². The Morgan fingerprint density at radius 2 is 2.33 bits per heavy atom. The van der Waals surface area contributed by atoms with Crippen LogP contribution in [0.15, 0.2) is 11.6 Å². The molecular formula is C12H19NOS. The summed E-state index contributed by atoms with van der Waals surface area (Å²) in [5.41, 5.74) is 0. The van der Waals surface area contributed by atoms with Crippen LogP contribution in [0.5, 0.6) is 0 Å². The van der Waals surface area contributed by atoms with E-state index < -0.39 is 0 Å². The van der Waals surface area contributed by atoms with Gasteiger partial charge in [0.05, 0.1) is 11.4 Å². The first-order valence-electron chi connectivity index (χ1n) is 5.69. The van der Waals surface area contributed by atoms with Crippen molar-refractivity contribution in [1.82, 2.24) is 4.98 Å². The molecular weight excluding hydrogens is 206 g/mol. The predicted octanol–water partition coefficient (Wildman–Crippen LogP) is 3.47. The van der Waals surface area contributed by atoms with Crippen molar-refractivity contribution >= 4 is 17.1 Å². The summed E-state index contributed by atoms with van der Waals surface area (Å²) in [5, 5.41) is 2.88. The molecule has 0 aliphatic carbocycles. The molecule has 0 bridgehead atoms. The third-order valence-electron chi connectivity index (χ3n) is 2.66. The van der Waals surface area contributed by atoms with Gasteiger partial charge in [-0.25, -0.2) is 4.98 Å². The number of carbonyl (C=O) groups is 1. The van der Waals surface area contributed by atoms with Gasteiger partial charge in [0.25, 0.3) is 0 Å². The smallest absolute Gasteiger partial charge is 0.142 e. The number of hydrogen-bond donors (Lipinski definition) is 0. The van der Waals surface area contributed by atoms with E-state index in [-0.39, 0.29) is 5.92 Å². The molecule has 1 heterocycles. The lowest BCUT2D eigenvalue weighted by atomic mass is 9.93. The minimum Gasteiger partial charge on any atom is -0.299 e. The summed E-state index contributed by atoms with van der Waals surface area (Å²) in [4.78, 5) is 16.1. The molecule has 0 N–H and O–H groups in total. The number of unbranched alkanes of at least 4 members (excludes halogenated alkanes) is 1. The van der Waals surface area contributed by atoms with Gasteiger partial charge in [0.1, 0.15) is 5.78 Å². The average molecular weight is 225 g/mol. The highest BCUT2D eigenvalue weighted by Gasteiger charge is 2.16. The molecule has 1 rings (SSSR count). The van der Waals surface area contributed by atoms with Crippen LogP contribution < -0.4 is 0 Å². The molecule has 0 aliphatic heterocycles. The first kappa shape index (κ1) is 12.4. The van der Waals surface area contributed by atoms with Gasteiger partial charge in [-0.05, 0) is 12.8 Å². The number of rotatable bonds is 7. The largest absolute Gasteiger partial charge is 0.299 e. The molecule has 0 radical (unpaired) electrons. The first-order chi connectivity index (χ1) is 7.27. The summed E-state index contributed by atoms with van der Waals surface area (Å²) in [6.45, 7) is 4.26. The Bertz CT molecular complexity index is 282. The maximum absolute atomic E-state index is 11.9. The standard InChI is InChI=1S/C12H19NOS/c1-3-5-6-10(4-2)11(14)9-12-13-7-8-15-12/h7-8,10H,3-6,9H2,1-2H3. The lowest BCUT2D eigenvalue weighted by Crippen LogP contribution is -2.16. The molecule has 1 atom stereocenters. The number of ketones is 1. The van der Waals surface area contributed by atoms with E-state index in [4.69, 9.17) is 0 Å². The van der Waals surface area contributed by atoms with Gasteiger partial charge in [-0.1, -0.05) is 26.7 Å². The molecule has 1 aromatic rings. The number of carbonyl (C=O) groups excluding carboxylic acids is 1. The second kappa shape index (κ2) is 6.72. The Kier molecular flexibility index (Phi) is 5.54. The fraction of sp³-hybridized carbons (Fsp3) is 0.667. The fourth-order valence-corrected chi connectivity index (χ4v) is 2.30. The zero-order chi connectivity index (χ0) is 11.1. The van der Waals surface area contributed by atoms with Gasteiger partial charge in [-0.15, -0.1) is 11.3 Å². The summed E-state index contributed by atoms with van der Waals surface area (Å²) >= 11 is 1.57. The minimum atomic E-state index is 0.244. The lowest BCUT2D eigenvalue weighted by Gasteiger charge is -2.11. The summed E-state index contributed by atoms with van der Waals surface area (Å²) < 4.78 is 0. The zero-order valence-electron chi connectivity index (χ0n) is 9.53. The van der Waals surface area contributed by atoms with Crippen molar-refractivity contribution in [3.05, 3.63) is 16.6 Å². The van der Waals surface area contributed by atoms with Crippen molar-refractivity contribution in [3.8, 4) is 0 Å². The third kappa shape index (κ3) is 4.12. The Balaban J connectivity index is 2.43. The van der Waals surface area contributed by atoms with Gasteiger partial charge in [0.15, 0.2) is 0 Å².